The molecule has 2 aromatic carbocycles. The van der Waals surface area contributed by atoms with E-state index in [1.807, 2.05) is 0 Å². The molecule has 0 aliphatic heterocycles. The van der Waals surface area contributed by atoms with E-state index in [2.05, 4.69) is 9.17 Å². The Labute approximate surface area is 172 Å². The smallest absolute Gasteiger partial charge is 0.436 e. The normalized spacial score (nSPS) is 14.0. The zero-order valence-corrected chi connectivity index (χ0v) is 15.8. The van der Waals surface area contributed by atoms with E-state index in [9.17, 15) is 47.9 Å². The second-order valence-corrected chi connectivity index (χ2v) is 7.77. The molecule has 174 valence electrons. The van der Waals surface area contributed by atoms with E-state index in [-0.39, 0.29) is 11.1 Å². The monoisotopic (exact) mass is 493 g/mol. The summed E-state index contributed by atoms with van der Waals surface area (Å²) in [6.07, 6.45) is -7.19. The van der Waals surface area contributed by atoms with Gasteiger partial charge in [0.05, 0.1) is 5.56 Å². The standard InChI is InChI=1S/C17H8F9NO4S/c18-14(19,16(22,23)24)15(20,21)17(25,26)32(28,29)31-11-7-3-1-5-9(11)13-27-10-6-2-4-8-12(10)30-13/h1-8H. The van der Waals surface area contributed by atoms with E-state index in [1.165, 1.54) is 30.3 Å². The third-order valence-electron chi connectivity index (χ3n) is 4.04. The van der Waals surface area contributed by atoms with Gasteiger partial charge < -0.3 is 8.60 Å². The van der Waals surface area contributed by atoms with Gasteiger partial charge in [-0.25, -0.2) is 4.98 Å². The second kappa shape index (κ2) is 7.28. The highest BCUT2D eigenvalue weighted by molar-refractivity contribution is 7.88. The number of para-hydroxylation sites is 3. The molecule has 0 aliphatic rings. The van der Waals surface area contributed by atoms with Gasteiger partial charge in [-0.2, -0.15) is 47.9 Å². The van der Waals surface area contributed by atoms with Crippen molar-refractivity contribution in [2.75, 3.05) is 0 Å². The molecule has 0 bridgehead atoms. The molecule has 0 fully saturated rings. The third kappa shape index (κ3) is 3.53. The summed E-state index contributed by atoms with van der Waals surface area (Å²) in [5.41, 5.74) is -0.141. The lowest BCUT2D eigenvalue weighted by Crippen LogP contribution is -2.63. The molecule has 0 atom stereocenters. The number of aromatic nitrogens is 1. The number of rotatable bonds is 6. The highest BCUT2D eigenvalue weighted by Gasteiger charge is 2.86. The Balaban J connectivity index is 2.05. The van der Waals surface area contributed by atoms with E-state index in [4.69, 9.17) is 4.42 Å². The van der Waals surface area contributed by atoms with Gasteiger partial charge in [-0.3, -0.25) is 0 Å². The first-order valence-electron chi connectivity index (χ1n) is 8.12. The van der Waals surface area contributed by atoms with E-state index in [1.54, 1.807) is 0 Å². The van der Waals surface area contributed by atoms with Crippen LogP contribution in [0.15, 0.2) is 52.9 Å². The first-order chi connectivity index (χ1) is 14.5. The highest BCUT2D eigenvalue weighted by atomic mass is 32.2. The van der Waals surface area contributed by atoms with Crippen LogP contribution in [-0.2, 0) is 10.1 Å². The molecule has 3 aromatic rings. The summed E-state index contributed by atoms with van der Waals surface area (Å²) < 4.78 is 150. The minimum atomic E-state index is -7.41. The molecule has 0 N–H and O–H groups in total. The van der Waals surface area contributed by atoms with Gasteiger partial charge in [-0.15, -0.1) is 0 Å². The van der Waals surface area contributed by atoms with Gasteiger partial charge in [-0.05, 0) is 24.3 Å². The maximum atomic E-state index is 13.9. The molecule has 32 heavy (non-hydrogen) atoms. The van der Waals surface area contributed by atoms with E-state index in [0.717, 1.165) is 12.1 Å². The number of fused-ring (bicyclic) bond motifs is 1. The van der Waals surface area contributed by atoms with Crippen LogP contribution in [-0.4, -0.2) is 36.7 Å². The Morgan fingerprint density at radius 2 is 1.34 bits per heavy atom. The molecule has 0 saturated carbocycles. The SMILES string of the molecule is O=S(=O)(Oc1ccccc1-c1nc2ccccc2o1)C(F)(F)C(F)(F)C(F)(F)C(F)(F)F. The van der Waals surface area contributed by atoms with Gasteiger partial charge in [-0.1, -0.05) is 24.3 Å². The number of alkyl halides is 9. The van der Waals surface area contributed by atoms with Crippen molar-refractivity contribution in [1.82, 2.24) is 4.98 Å². The molecule has 0 amide bonds. The average molecular weight is 493 g/mol. The molecule has 0 saturated heterocycles. The second-order valence-electron chi connectivity index (χ2n) is 6.18. The first-order valence-corrected chi connectivity index (χ1v) is 9.53. The number of benzene rings is 2. The molecule has 0 aliphatic carbocycles. The fourth-order valence-corrected chi connectivity index (χ4v) is 3.32. The van der Waals surface area contributed by atoms with Crippen LogP contribution in [0.2, 0.25) is 0 Å². The quantitative estimate of drug-likeness (QED) is 0.329. The van der Waals surface area contributed by atoms with Crippen LogP contribution in [0.25, 0.3) is 22.6 Å². The molecular formula is C17H8F9NO4S. The van der Waals surface area contributed by atoms with Crippen molar-refractivity contribution in [3.8, 4) is 17.2 Å². The maximum absolute atomic E-state index is 13.9. The van der Waals surface area contributed by atoms with Crippen molar-refractivity contribution >= 4 is 21.2 Å². The fraction of sp³-hybridized carbons (Fsp3) is 0.235. The molecule has 0 spiro atoms. The summed E-state index contributed by atoms with van der Waals surface area (Å²) in [5, 5.41) is -6.99. The Bertz CT molecular complexity index is 1220. The molecule has 0 unspecified atom stereocenters. The number of halogens is 9. The molecule has 5 nitrogen and oxygen atoms in total. The molecule has 15 heteroatoms. The lowest BCUT2D eigenvalue weighted by Gasteiger charge is -2.32. The van der Waals surface area contributed by atoms with Crippen LogP contribution < -0.4 is 4.18 Å². The summed E-state index contributed by atoms with van der Waals surface area (Å²) in [6, 6.07) is 9.74. The largest absolute Gasteiger partial charge is 0.460 e. The van der Waals surface area contributed by atoms with Crippen molar-refractivity contribution in [2.45, 2.75) is 23.3 Å². The lowest BCUT2D eigenvalue weighted by atomic mass is 10.1. The number of nitrogens with zero attached hydrogens (tertiary/aromatic N) is 1. The minimum Gasteiger partial charge on any atom is -0.436 e. The van der Waals surface area contributed by atoms with E-state index >= 15 is 0 Å². The summed E-state index contributed by atoms with van der Waals surface area (Å²) in [4.78, 5) is 3.91. The van der Waals surface area contributed by atoms with Crippen LogP contribution in [0.1, 0.15) is 0 Å². The van der Waals surface area contributed by atoms with Gasteiger partial charge >= 0.3 is 33.4 Å². The van der Waals surface area contributed by atoms with Crippen molar-refractivity contribution in [2.24, 2.45) is 0 Å². The van der Waals surface area contributed by atoms with Crippen molar-refractivity contribution in [3.05, 3.63) is 48.5 Å². The van der Waals surface area contributed by atoms with Gasteiger partial charge in [0, 0.05) is 0 Å². The van der Waals surface area contributed by atoms with Crippen LogP contribution in [0.5, 0.6) is 5.75 Å². The van der Waals surface area contributed by atoms with Crippen LogP contribution in [0, 0.1) is 0 Å². The van der Waals surface area contributed by atoms with Crippen molar-refractivity contribution in [3.63, 3.8) is 0 Å². The highest BCUT2D eigenvalue weighted by Crippen LogP contribution is 2.55. The number of oxazole rings is 1. The topological polar surface area (TPSA) is 69.4 Å². The first kappa shape index (κ1) is 23.7. The molecule has 1 aromatic heterocycles. The van der Waals surface area contributed by atoms with Gasteiger partial charge in [0.15, 0.2) is 11.3 Å². The molecule has 3 rings (SSSR count). The molecule has 0 radical (unpaired) electrons. The van der Waals surface area contributed by atoms with Gasteiger partial charge in [0.25, 0.3) is 0 Å². The average Bonchev–Trinajstić information content (AvgIpc) is 3.10. The third-order valence-corrected chi connectivity index (χ3v) is 5.32. The molecular weight excluding hydrogens is 485 g/mol. The Morgan fingerprint density at radius 3 is 1.94 bits per heavy atom. The zero-order valence-electron chi connectivity index (χ0n) is 15.0. The van der Waals surface area contributed by atoms with E-state index < -0.39 is 50.6 Å². The maximum Gasteiger partial charge on any atom is 0.460 e. The number of hydrogen-bond acceptors (Lipinski definition) is 5. The van der Waals surface area contributed by atoms with Crippen LogP contribution in [0.4, 0.5) is 39.5 Å². The summed E-state index contributed by atoms with van der Waals surface area (Å²) >= 11 is 0. The van der Waals surface area contributed by atoms with Crippen LogP contribution >= 0.6 is 0 Å². The van der Waals surface area contributed by atoms with Gasteiger partial charge in [0.2, 0.25) is 5.89 Å². The predicted octanol–water partition coefficient (Wildman–Crippen LogP) is 5.63. The Kier molecular flexibility index (Phi) is 5.39. The Morgan fingerprint density at radius 1 is 0.781 bits per heavy atom. The number of hydrogen-bond donors (Lipinski definition) is 0. The summed E-state index contributed by atoms with van der Waals surface area (Å²) in [5.74, 6) is -16.4. The Hall–Kier alpha value is -2.97. The summed E-state index contributed by atoms with van der Waals surface area (Å²) in [7, 11) is -7.11. The minimum absolute atomic E-state index is 0.141. The van der Waals surface area contributed by atoms with Crippen molar-refractivity contribution < 1.29 is 56.5 Å². The summed E-state index contributed by atoms with van der Waals surface area (Å²) in [6.45, 7) is 0. The van der Waals surface area contributed by atoms with Gasteiger partial charge in [0.1, 0.15) is 5.52 Å². The lowest BCUT2D eigenvalue weighted by molar-refractivity contribution is -0.382. The zero-order chi connectivity index (χ0) is 24.2. The molecule has 1 heterocycles. The predicted molar refractivity (Wildman–Crippen MR) is 89.9 cm³/mol. The van der Waals surface area contributed by atoms with Crippen LogP contribution in [0.3, 0.4) is 0 Å². The van der Waals surface area contributed by atoms with Crippen molar-refractivity contribution in [1.29, 1.82) is 0 Å². The fourth-order valence-electron chi connectivity index (χ4n) is 2.39. The van der Waals surface area contributed by atoms with E-state index in [0.29, 0.717) is 6.07 Å².